The van der Waals surface area contributed by atoms with Crippen molar-refractivity contribution in [2.75, 3.05) is 33.5 Å². The minimum atomic E-state index is -3.10. The Labute approximate surface area is 143 Å². The Bertz CT molecular complexity index is 736. The third-order valence-corrected chi connectivity index (χ3v) is 8.15. The summed E-state index contributed by atoms with van der Waals surface area (Å²) in [5.41, 5.74) is 1.19. The van der Waals surface area contributed by atoms with Gasteiger partial charge in [0.15, 0.2) is 11.5 Å². The Morgan fingerprint density at radius 2 is 1.92 bits per heavy atom. The summed E-state index contributed by atoms with van der Waals surface area (Å²) in [6.45, 7) is 4.87. The van der Waals surface area contributed by atoms with Gasteiger partial charge in [-0.2, -0.15) is 0 Å². The van der Waals surface area contributed by atoms with Gasteiger partial charge in [0.25, 0.3) is 0 Å². The zero-order chi connectivity index (χ0) is 16.9. The summed E-state index contributed by atoms with van der Waals surface area (Å²) < 4.78 is 37.3. The molecule has 3 heterocycles. The van der Waals surface area contributed by atoms with Crippen molar-refractivity contribution >= 4 is 10.0 Å². The molecule has 3 aliphatic heterocycles. The molecule has 0 amide bonds. The highest BCUT2D eigenvalue weighted by Crippen LogP contribution is 2.38. The van der Waals surface area contributed by atoms with E-state index in [1.165, 1.54) is 5.56 Å². The second-order valence-electron chi connectivity index (χ2n) is 7.03. The van der Waals surface area contributed by atoms with Crippen molar-refractivity contribution in [3.05, 3.63) is 23.8 Å². The second-order valence-corrected chi connectivity index (χ2v) is 9.28. The van der Waals surface area contributed by atoms with E-state index in [2.05, 4.69) is 17.9 Å². The van der Waals surface area contributed by atoms with Crippen LogP contribution in [-0.2, 0) is 10.0 Å². The molecule has 2 fully saturated rings. The van der Waals surface area contributed by atoms with Crippen LogP contribution in [0.5, 0.6) is 11.5 Å². The van der Waals surface area contributed by atoms with Crippen LogP contribution in [0.4, 0.5) is 0 Å². The van der Waals surface area contributed by atoms with Gasteiger partial charge in [-0.25, -0.2) is 12.7 Å². The summed E-state index contributed by atoms with van der Waals surface area (Å²) in [6, 6.07) is 6.32. The van der Waals surface area contributed by atoms with Crippen molar-refractivity contribution in [1.29, 1.82) is 0 Å². The molecule has 6 nitrogen and oxygen atoms in total. The lowest BCUT2D eigenvalue weighted by Crippen LogP contribution is -2.31. The normalized spacial score (nSPS) is 30.8. The van der Waals surface area contributed by atoms with Gasteiger partial charge in [0.2, 0.25) is 16.8 Å². The van der Waals surface area contributed by atoms with Crippen LogP contribution in [0.15, 0.2) is 18.2 Å². The van der Waals surface area contributed by atoms with Crippen molar-refractivity contribution in [1.82, 2.24) is 9.21 Å². The number of ether oxygens (including phenoxy) is 2. The van der Waals surface area contributed by atoms with Crippen LogP contribution in [0.2, 0.25) is 0 Å². The summed E-state index contributed by atoms with van der Waals surface area (Å²) in [6.07, 6.45) is 1.65. The van der Waals surface area contributed by atoms with Gasteiger partial charge in [-0.1, -0.05) is 6.07 Å². The minimum Gasteiger partial charge on any atom is -0.454 e. The fourth-order valence-electron chi connectivity index (χ4n) is 4.20. The lowest BCUT2D eigenvalue weighted by molar-refractivity contribution is 0.173. The van der Waals surface area contributed by atoms with Gasteiger partial charge in [0.05, 0.1) is 5.25 Å². The molecular weight excluding hydrogens is 328 g/mol. The molecule has 3 atom stereocenters. The maximum Gasteiger partial charge on any atom is 0.231 e. The number of hydrogen-bond donors (Lipinski definition) is 0. The standard InChI is InChI=1S/C17H24N2O4S/c1-12(13-3-4-15-16(9-13)23-11-22-15)19-7-5-14-10-18(2)24(20,21)17(14)6-8-19/h3-4,9,12,14,17H,5-8,10-11H2,1-2H3. The molecule has 1 aromatic rings. The molecule has 132 valence electrons. The predicted molar refractivity (Wildman–Crippen MR) is 90.6 cm³/mol. The van der Waals surface area contributed by atoms with Crippen LogP contribution in [0.3, 0.4) is 0 Å². The van der Waals surface area contributed by atoms with Crippen LogP contribution in [0.25, 0.3) is 0 Å². The molecule has 7 heteroatoms. The molecule has 0 aliphatic carbocycles. The van der Waals surface area contributed by atoms with Crippen LogP contribution >= 0.6 is 0 Å². The number of fused-ring (bicyclic) bond motifs is 2. The fourth-order valence-corrected chi connectivity index (χ4v) is 6.17. The van der Waals surface area contributed by atoms with Crippen LogP contribution in [0.1, 0.15) is 31.4 Å². The maximum absolute atomic E-state index is 12.4. The number of rotatable bonds is 2. The highest BCUT2D eigenvalue weighted by molar-refractivity contribution is 7.90. The second kappa shape index (κ2) is 5.89. The molecule has 0 radical (unpaired) electrons. The topological polar surface area (TPSA) is 59.1 Å². The monoisotopic (exact) mass is 352 g/mol. The molecule has 0 saturated carbocycles. The van der Waals surface area contributed by atoms with Crippen LogP contribution in [-0.4, -0.2) is 56.3 Å². The first-order valence-corrected chi connectivity index (χ1v) is 10.1. The first-order chi connectivity index (χ1) is 11.5. The van der Waals surface area contributed by atoms with E-state index in [9.17, 15) is 8.42 Å². The van der Waals surface area contributed by atoms with Gasteiger partial charge in [0, 0.05) is 26.2 Å². The van der Waals surface area contributed by atoms with Crippen molar-refractivity contribution in [2.45, 2.75) is 31.1 Å². The average molecular weight is 352 g/mol. The first kappa shape index (κ1) is 16.2. The molecule has 3 aliphatic rings. The van der Waals surface area contributed by atoms with E-state index < -0.39 is 10.0 Å². The fraction of sp³-hybridized carbons (Fsp3) is 0.647. The first-order valence-electron chi connectivity index (χ1n) is 8.55. The molecule has 0 bridgehead atoms. The van der Waals surface area contributed by atoms with E-state index in [0.717, 1.165) is 31.0 Å². The van der Waals surface area contributed by atoms with Gasteiger partial charge in [-0.3, -0.25) is 4.90 Å². The minimum absolute atomic E-state index is 0.212. The number of sulfonamides is 1. The molecule has 2 saturated heterocycles. The SMILES string of the molecule is CC(c1ccc2c(c1)OCO2)N1CCC2CN(C)S(=O)(=O)C2CC1. The highest BCUT2D eigenvalue weighted by atomic mass is 32.2. The quantitative estimate of drug-likeness (QED) is 0.813. The van der Waals surface area contributed by atoms with Gasteiger partial charge in [0.1, 0.15) is 0 Å². The molecule has 0 aromatic heterocycles. The zero-order valence-corrected chi connectivity index (χ0v) is 15.0. The Balaban J connectivity index is 1.50. The molecule has 4 rings (SSSR count). The molecule has 0 N–H and O–H groups in total. The molecular formula is C17H24N2O4S. The van der Waals surface area contributed by atoms with Crippen LogP contribution in [0, 0.1) is 5.92 Å². The largest absolute Gasteiger partial charge is 0.454 e. The number of likely N-dealkylation sites (tertiary alicyclic amines) is 1. The Morgan fingerprint density at radius 1 is 1.17 bits per heavy atom. The summed E-state index contributed by atoms with van der Waals surface area (Å²) in [4.78, 5) is 2.39. The van der Waals surface area contributed by atoms with E-state index in [1.54, 1.807) is 11.4 Å². The summed E-state index contributed by atoms with van der Waals surface area (Å²) in [5.74, 6) is 1.86. The highest BCUT2D eigenvalue weighted by Gasteiger charge is 2.45. The van der Waals surface area contributed by atoms with E-state index >= 15 is 0 Å². The Kier molecular flexibility index (Phi) is 3.97. The third-order valence-electron chi connectivity index (χ3n) is 5.75. The summed E-state index contributed by atoms with van der Waals surface area (Å²) in [5, 5.41) is -0.212. The van der Waals surface area contributed by atoms with Crippen molar-refractivity contribution < 1.29 is 17.9 Å². The van der Waals surface area contributed by atoms with Gasteiger partial charge < -0.3 is 9.47 Å². The number of benzene rings is 1. The van der Waals surface area contributed by atoms with Gasteiger partial charge in [-0.15, -0.1) is 0 Å². The number of hydrogen-bond acceptors (Lipinski definition) is 5. The van der Waals surface area contributed by atoms with E-state index in [1.807, 2.05) is 12.1 Å². The summed E-state index contributed by atoms with van der Waals surface area (Å²) in [7, 11) is -1.40. The lowest BCUT2D eigenvalue weighted by Gasteiger charge is -2.28. The molecule has 1 aromatic carbocycles. The van der Waals surface area contributed by atoms with E-state index in [-0.39, 0.29) is 24.0 Å². The summed E-state index contributed by atoms with van der Waals surface area (Å²) >= 11 is 0. The number of nitrogens with zero attached hydrogens (tertiary/aromatic N) is 2. The molecule has 24 heavy (non-hydrogen) atoms. The van der Waals surface area contributed by atoms with E-state index in [0.29, 0.717) is 13.0 Å². The van der Waals surface area contributed by atoms with Gasteiger partial charge in [-0.05, 0) is 49.9 Å². The third kappa shape index (κ3) is 2.59. The van der Waals surface area contributed by atoms with Crippen molar-refractivity contribution in [3.63, 3.8) is 0 Å². The van der Waals surface area contributed by atoms with E-state index in [4.69, 9.17) is 9.47 Å². The zero-order valence-electron chi connectivity index (χ0n) is 14.1. The average Bonchev–Trinajstić information content (AvgIpc) is 3.02. The van der Waals surface area contributed by atoms with Crippen LogP contribution < -0.4 is 9.47 Å². The molecule has 3 unspecified atom stereocenters. The lowest BCUT2D eigenvalue weighted by atomic mass is 10.0. The van der Waals surface area contributed by atoms with Crippen molar-refractivity contribution in [2.24, 2.45) is 5.92 Å². The predicted octanol–water partition coefficient (Wildman–Crippen LogP) is 1.83. The Hall–Kier alpha value is -1.31. The maximum atomic E-state index is 12.4. The van der Waals surface area contributed by atoms with Crippen molar-refractivity contribution in [3.8, 4) is 11.5 Å². The smallest absolute Gasteiger partial charge is 0.231 e. The van der Waals surface area contributed by atoms with Gasteiger partial charge >= 0.3 is 0 Å². The molecule has 0 spiro atoms. The Morgan fingerprint density at radius 3 is 2.75 bits per heavy atom.